The Balaban J connectivity index is 2.38. The van der Waals surface area contributed by atoms with Gasteiger partial charge in [-0.2, -0.15) is 0 Å². The van der Waals surface area contributed by atoms with Crippen LogP contribution in [0.1, 0.15) is 39.0 Å². The molecule has 6 heteroatoms. The molecule has 0 saturated heterocycles. The number of hydrogen-bond donors (Lipinski definition) is 2. The van der Waals surface area contributed by atoms with Crippen LogP contribution >= 0.6 is 0 Å². The number of hydrogen-bond acceptors (Lipinski definition) is 4. The van der Waals surface area contributed by atoms with Gasteiger partial charge >= 0.3 is 0 Å². The molecule has 5 nitrogen and oxygen atoms in total. The van der Waals surface area contributed by atoms with Crippen molar-refractivity contribution in [3.8, 4) is 0 Å². The van der Waals surface area contributed by atoms with Crippen molar-refractivity contribution in [3.05, 3.63) is 0 Å². The second-order valence-electron chi connectivity index (χ2n) is 5.03. The summed E-state index contributed by atoms with van der Waals surface area (Å²) in [5.41, 5.74) is 0. The quantitative estimate of drug-likeness (QED) is 0.739. The maximum atomic E-state index is 11.9. The lowest BCUT2D eigenvalue weighted by Crippen LogP contribution is -2.41. The third-order valence-corrected chi connectivity index (χ3v) is 5.58. The molecule has 0 aromatic heterocycles. The van der Waals surface area contributed by atoms with Gasteiger partial charge in [0, 0.05) is 19.6 Å². The summed E-state index contributed by atoms with van der Waals surface area (Å²) in [4.78, 5) is 11.1. The average Bonchev–Trinajstić information content (AvgIpc) is 2.36. The molecule has 1 aliphatic carbocycles. The molecule has 1 saturated carbocycles. The molecule has 0 bridgehead atoms. The lowest BCUT2D eigenvalue weighted by molar-refractivity contribution is -0.118. The standard InChI is InChI=1S/C12H24N2O3S/c1-10(18(16,17)9-12(15)13-2)8-14-11-6-4-3-5-7-11/h10-11,14H,3-9H2,1-2H3,(H,13,15). The van der Waals surface area contributed by atoms with Crippen molar-refractivity contribution in [2.75, 3.05) is 19.3 Å². The third kappa shape index (κ3) is 4.94. The smallest absolute Gasteiger partial charge is 0.234 e. The van der Waals surface area contributed by atoms with E-state index in [-0.39, 0.29) is 0 Å². The first kappa shape index (κ1) is 15.4. The first-order valence-corrected chi connectivity index (χ1v) is 8.33. The van der Waals surface area contributed by atoms with Crippen molar-refractivity contribution in [1.29, 1.82) is 0 Å². The predicted molar refractivity (Wildman–Crippen MR) is 72.2 cm³/mol. The number of carbonyl (C=O) groups is 1. The van der Waals surface area contributed by atoms with Crippen molar-refractivity contribution < 1.29 is 13.2 Å². The Morgan fingerprint density at radius 3 is 2.44 bits per heavy atom. The van der Waals surface area contributed by atoms with Crippen LogP contribution in [0.5, 0.6) is 0 Å². The van der Waals surface area contributed by atoms with Crippen molar-refractivity contribution in [2.24, 2.45) is 0 Å². The molecule has 0 aromatic rings. The maximum absolute atomic E-state index is 11.9. The van der Waals surface area contributed by atoms with Crippen LogP contribution in [-0.2, 0) is 14.6 Å². The van der Waals surface area contributed by atoms with Crippen LogP contribution in [-0.4, -0.2) is 45.0 Å². The summed E-state index contributed by atoms with van der Waals surface area (Å²) in [7, 11) is -1.90. The first-order valence-electron chi connectivity index (χ1n) is 6.61. The van der Waals surface area contributed by atoms with Crippen molar-refractivity contribution >= 4 is 15.7 Å². The summed E-state index contributed by atoms with van der Waals surface area (Å²) in [6.07, 6.45) is 5.97. The van der Waals surface area contributed by atoms with Gasteiger partial charge in [-0.15, -0.1) is 0 Å². The Morgan fingerprint density at radius 1 is 1.28 bits per heavy atom. The Kier molecular flexibility index (Phi) is 6.08. The number of amides is 1. The molecule has 1 atom stereocenters. The highest BCUT2D eigenvalue weighted by Gasteiger charge is 2.24. The molecular formula is C12H24N2O3S. The Morgan fingerprint density at radius 2 is 1.89 bits per heavy atom. The molecule has 106 valence electrons. The zero-order valence-electron chi connectivity index (χ0n) is 11.2. The number of rotatable bonds is 6. The Hall–Kier alpha value is -0.620. The molecule has 1 fully saturated rings. The molecule has 0 heterocycles. The molecule has 1 aliphatic rings. The normalized spacial score (nSPS) is 19.4. The van der Waals surface area contributed by atoms with Gasteiger partial charge in [0.2, 0.25) is 5.91 Å². The summed E-state index contributed by atoms with van der Waals surface area (Å²) in [5, 5.41) is 5.13. The second kappa shape index (κ2) is 7.09. The van der Waals surface area contributed by atoms with Crippen LogP contribution in [0.15, 0.2) is 0 Å². The Labute approximate surface area is 110 Å². The number of carbonyl (C=O) groups excluding carboxylic acids is 1. The highest BCUT2D eigenvalue weighted by atomic mass is 32.2. The maximum Gasteiger partial charge on any atom is 0.234 e. The molecule has 0 spiro atoms. The fraction of sp³-hybridized carbons (Fsp3) is 0.917. The van der Waals surface area contributed by atoms with E-state index in [0.717, 1.165) is 12.8 Å². The molecule has 18 heavy (non-hydrogen) atoms. The van der Waals surface area contributed by atoms with Crippen LogP contribution < -0.4 is 10.6 Å². The fourth-order valence-corrected chi connectivity index (χ4v) is 3.31. The molecule has 1 rings (SSSR count). The van der Waals surface area contributed by atoms with Crippen LogP contribution in [0.2, 0.25) is 0 Å². The van der Waals surface area contributed by atoms with E-state index in [0.29, 0.717) is 12.6 Å². The van der Waals surface area contributed by atoms with Gasteiger partial charge in [0.1, 0.15) is 5.75 Å². The SMILES string of the molecule is CNC(=O)CS(=O)(=O)C(C)CNC1CCCCC1. The molecule has 0 aliphatic heterocycles. The lowest BCUT2D eigenvalue weighted by Gasteiger charge is -2.24. The minimum atomic E-state index is -3.35. The van der Waals surface area contributed by atoms with E-state index in [4.69, 9.17) is 0 Å². The highest BCUT2D eigenvalue weighted by molar-refractivity contribution is 7.92. The van der Waals surface area contributed by atoms with Crippen molar-refractivity contribution in [3.63, 3.8) is 0 Å². The van der Waals surface area contributed by atoms with Crippen molar-refractivity contribution in [2.45, 2.75) is 50.3 Å². The number of nitrogens with one attached hydrogen (secondary N) is 2. The Bertz CT molecular complexity index is 362. The average molecular weight is 276 g/mol. The van der Waals surface area contributed by atoms with E-state index in [2.05, 4.69) is 10.6 Å². The van der Waals surface area contributed by atoms with Crippen LogP contribution in [0.3, 0.4) is 0 Å². The largest absolute Gasteiger partial charge is 0.358 e. The van der Waals surface area contributed by atoms with Gasteiger partial charge < -0.3 is 10.6 Å². The zero-order valence-corrected chi connectivity index (χ0v) is 12.1. The minimum Gasteiger partial charge on any atom is -0.358 e. The van der Waals surface area contributed by atoms with Crippen LogP contribution in [0.4, 0.5) is 0 Å². The summed E-state index contributed by atoms with van der Waals surface area (Å²) < 4.78 is 23.7. The topological polar surface area (TPSA) is 75.3 Å². The molecule has 1 amide bonds. The van der Waals surface area contributed by atoms with Gasteiger partial charge in [0.25, 0.3) is 0 Å². The molecule has 2 N–H and O–H groups in total. The van der Waals surface area contributed by atoms with E-state index >= 15 is 0 Å². The third-order valence-electron chi connectivity index (χ3n) is 3.52. The molecule has 0 aromatic carbocycles. The highest BCUT2D eigenvalue weighted by Crippen LogP contribution is 2.17. The first-order chi connectivity index (χ1) is 8.45. The van der Waals surface area contributed by atoms with Crippen LogP contribution in [0.25, 0.3) is 0 Å². The van der Waals surface area contributed by atoms with E-state index in [1.165, 1.54) is 26.3 Å². The van der Waals surface area contributed by atoms with Gasteiger partial charge in [0.05, 0.1) is 5.25 Å². The summed E-state index contributed by atoms with van der Waals surface area (Å²) in [5.74, 6) is -0.865. The molecule has 0 radical (unpaired) electrons. The zero-order chi connectivity index (χ0) is 13.6. The predicted octanol–water partition coefficient (Wildman–Crippen LogP) is 0.458. The van der Waals surface area contributed by atoms with Gasteiger partial charge in [-0.05, 0) is 19.8 Å². The fourth-order valence-electron chi connectivity index (χ4n) is 2.16. The van der Waals surface area contributed by atoms with Gasteiger partial charge in [-0.25, -0.2) is 8.42 Å². The summed E-state index contributed by atoms with van der Waals surface area (Å²) in [6.45, 7) is 2.10. The van der Waals surface area contributed by atoms with Crippen molar-refractivity contribution in [1.82, 2.24) is 10.6 Å². The monoisotopic (exact) mass is 276 g/mol. The summed E-state index contributed by atoms with van der Waals surface area (Å²) in [6, 6.07) is 0.441. The lowest BCUT2D eigenvalue weighted by atomic mass is 9.95. The van der Waals surface area contributed by atoms with E-state index < -0.39 is 26.7 Å². The molecule has 1 unspecified atom stereocenters. The van der Waals surface area contributed by atoms with Gasteiger partial charge in [-0.3, -0.25) is 4.79 Å². The second-order valence-corrected chi connectivity index (χ2v) is 7.45. The van der Waals surface area contributed by atoms with E-state index in [9.17, 15) is 13.2 Å². The van der Waals surface area contributed by atoms with Gasteiger partial charge in [-0.1, -0.05) is 19.3 Å². The van der Waals surface area contributed by atoms with E-state index in [1.54, 1.807) is 6.92 Å². The summed E-state index contributed by atoms with van der Waals surface area (Å²) >= 11 is 0. The van der Waals surface area contributed by atoms with Gasteiger partial charge in [0.15, 0.2) is 9.84 Å². The number of sulfone groups is 1. The minimum absolute atomic E-state index is 0.420. The van der Waals surface area contributed by atoms with Crippen LogP contribution in [0, 0.1) is 0 Å². The van der Waals surface area contributed by atoms with E-state index in [1.807, 2.05) is 0 Å². The molecular weight excluding hydrogens is 252 g/mol.